The standard InChI is InChI=1S/C13H13NO/c1-9-3-5-11(6-4-9)13(15)12-8-14-7-10(12)2/h3-8,14H,1-2H3. The first-order valence-corrected chi connectivity index (χ1v) is 4.93. The normalized spacial score (nSPS) is 10.3. The maximum absolute atomic E-state index is 12.0. The van der Waals surface area contributed by atoms with Crippen molar-refractivity contribution in [1.29, 1.82) is 0 Å². The Hall–Kier alpha value is -1.83. The van der Waals surface area contributed by atoms with Crippen LogP contribution in [0.4, 0.5) is 0 Å². The van der Waals surface area contributed by atoms with Crippen LogP contribution in [0, 0.1) is 13.8 Å². The number of H-pyrrole nitrogens is 1. The molecule has 0 spiro atoms. The number of carbonyl (C=O) groups is 1. The molecular weight excluding hydrogens is 186 g/mol. The number of hydrogen-bond acceptors (Lipinski definition) is 1. The van der Waals surface area contributed by atoms with Gasteiger partial charge in [0.05, 0.1) is 0 Å². The third kappa shape index (κ3) is 1.84. The second-order valence-electron chi connectivity index (χ2n) is 3.75. The minimum absolute atomic E-state index is 0.0775. The lowest BCUT2D eigenvalue weighted by Crippen LogP contribution is -2.01. The van der Waals surface area contributed by atoms with Crippen molar-refractivity contribution in [2.45, 2.75) is 13.8 Å². The molecule has 1 aromatic carbocycles. The highest BCUT2D eigenvalue weighted by Crippen LogP contribution is 2.13. The molecule has 0 aliphatic rings. The van der Waals surface area contributed by atoms with Crippen molar-refractivity contribution in [3.8, 4) is 0 Å². The fourth-order valence-corrected chi connectivity index (χ4v) is 1.55. The van der Waals surface area contributed by atoms with E-state index in [0.29, 0.717) is 0 Å². The molecule has 0 fully saturated rings. The number of aryl methyl sites for hydroxylation is 2. The van der Waals surface area contributed by atoms with Gasteiger partial charge >= 0.3 is 0 Å². The summed E-state index contributed by atoms with van der Waals surface area (Å²) in [5.41, 5.74) is 3.64. The minimum atomic E-state index is 0.0775. The average Bonchev–Trinajstić information content (AvgIpc) is 2.65. The van der Waals surface area contributed by atoms with E-state index in [4.69, 9.17) is 0 Å². The predicted octanol–water partition coefficient (Wildman–Crippen LogP) is 2.86. The first kappa shape index (κ1) is 9.71. The van der Waals surface area contributed by atoms with Gasteiger partial charge in [0, 0.05) is 23.5 Å². The molecule has 2 rings (SSSR count). The fraction of sp³-hybridized carbons (Fsp3) is 0.154. The lowest BCUT2D eigenvalue weighted by atomic mass is 10.0. The molecule has 0 saturated carbocycles. The van der Waals surface area contributed by atoms with E-state index in [1.807, 2.05) is 44.3 Å². The van der Waals surface area contributed by atoms with E-state index in [1.54, 1.807) is 6.20 Å². The van der Waals surface area contributed by atoms with Gasteiger partial charge in [-0.2, -0.15) is 0 Å². The van der Waals surface area contributed by atoms with E-state index in [0.717, 1.165) is 22.3 Å². The number of aromatic nitrogens is 1. The summed E-state index contributed by atoms with van der Waals surface area (Å²) in [5.74, 6) is 0.0775. The maximum atomic E-state index is 12.0. The zero-order valence-electron chi connectivity index (χ0n) is 8.87. The predicted molar refractivity (Wildman–Crippen MR) is 60.1 cm³/mol. The Morgan fingerprint density at radius 2 is 1.73 bits per heavy atom. The Balaban J connectivity index is 2.37. The topological polar surface area (TPSA) is 32.9 Å². The van der Waals surface area contributed by atoms with Gasteiger partial charge in [-0.15, -0.1) is 0 Å². The van der Waals surface area contributed by atoms with Crippen LogP contribution in [0.5, 0.6) is 0 Å². The molecule has 1 heterocycles. The molecule has 2 nitrogen and oxygen atoms in total. The third-order valence-corrected chi connectivity index (χ3v) is 2.51. The Labute approximate surface area is 89.0 Å². The van der Waals surface area contributed by atoms with Crippen LogP contribution in [-0.4, -0.2) is 10.8 Å². The number of rotatable bonds is 2. The molecule has 2 heteroatoms. The van der Waals surface area contributed by atoms with Crippen molar-refractivity contribution < 1.29 is 4.79 Å². The van der Waals surface area contributed by atoms with Crippen LogP contribution >= 0.6 is 0 Å². The molecule has 0 radical (unpaired) electrons. The molecule has 0 unspecified atom stereocenters. The van der Waals surface area contributed by atoms with Crippen LogP contribution in [0.1, 0.15) is 27.0 Å². The maximum Gasteiger partial charge on any atom is 0.194 e. The molecule has 1 aromatic heterocycles. The highest BCUT2D eigenvalue weighted by Gasteiger charge is 2.11. The van der Waals surface area contributed by atoms with Crippen molar-refractivity contribution >= 4 is 5.78 Å². The van der Waals surface area contributed by atoms with Crippen molar-refractivity contribution in [3.63, 3.8) is 0 Å². The summed E-state index contributed by atoms with van der Waals surface area (Å²) in [5, 5.41) is 0. The van der Waals surface area contributed by atoms with E-state index >= 15 is 0 Å². The number of nitrogens with one attached hydrogen (secondary N) is 1. The summed E-state index contributed by atoms with van der Waals surface area (Å²) in [6.07, 6.45) is 3.58. The average molecular weight is 199 g/mol. The molecule has 76 valence electrons. The van der Waals surface area contributed by atoms with Gasteiger partial charge in [-0.05, 0) is 19.4 Å². The van der Waals surface area contributed by atoms with Gasteiger partial charge in [0.1, 0.15) is 0 Å². The van der Waals surface area contributed by atoms with Crippen LogP contribution in [0.15, 0.2) is 36.7 Å². The number of aromatic amines is 1. The molecule has 0 aliphatic carbocycles. The second-order valence-corrected chi connectivity index (χ2v) is 3.75. The highest BCUT2D eigenvalue weighted by molar-refractivity contribution is 6.09. The van der Waals surface area contributed by atoms with E-state index in [1.165, 1.54) is 0 Å². The third-order valence-electron chi connectivity index (χ3n) is 2.51. The first-order valence-electron chi connectivity index (χ1n) is 4.93. The summed E-state index contributed by atoms with van der Waals surface area (Å²) in [4.78, 5) is 15.0. The van der Waals surface area contributed by atoms with Crippen molar-refractivity contribution in [3.05, 3.63) is 58.9 Å². The highest BCUT2D eigenvalue weighted by atomic mass is 16.1. The Morgan fingerprint density at radius 1 is 1.07 bits per heavy atom. The molecule has 0 bridgehead atoms. The van der Waals surface area contributed by atoms with E-state index < -0.39 is 0 Å². The van der Waals surface area contributed by atoms with Crippen molar-refractivity contribution in [2.75, 3.05) is 0 Å². The number of hydrogen-bond donors (Lipinski definition) is 1. The SMILES string of the molecule is Cc1ccc(C(=O)c2c[nH]cc2C)cc1. The lowest BCUT2D eigenvalue weighted by molar-refractivity contribution is 0.103. The van der Waals surface area contributed by atoms with E-state index in [2.05, 4.69) is 4.98 Å². The van der Waals surface area contributed by atoms with Gasteiger partial charge in [0.15, 0.2) is 5.78 Å². The summed E-state index contributed by atoms with van der Waals surface area (Å²) in [6.45, 7) is 3.94. The number of benzene rings is 1. The molecule has 1 N–H and O–H groups in total. The van der Waals surface area contributed by atoms with Gasteiger partial charge in [-0.1, -0.05) is 29.8 Å². The number of carbonyl (C=O) groups excluding carboxylic acids is 1. The van der Waals surface area contributed by atoms with Crippen molar-refractivity contribution in [1.82, 2.24) is 4.98 Å². The van der Waals surface area contributed by atoms with Gasteiger partial charge in [0.25, 0.3) is 0 Å². The molecular formula is C13H13NO. The molecule has 0 atom stereocenters. The summed E-state index contributed by atoms with van der Waals surface area (Å²) in [7, 11) is 0. The van der Waals surface area contributed by atoms with E-state index in [9.17, 15) is 4.79 Å². The van der Waals surface area contributed by atoms with Crippen LogP contribution in [0.2, 0.25) is 0 Å². The Morgan fingerprint density at radius 3 is 2.27 bits per heavy atom. The van der Waals surface area contributed by atoms with Gasteiger partial charge in [-0.25, -0.2) is 0 Å². The second kappa shape index (κ2) is 3.73. The quantitative estimate of drug-likeness (QED) is 0.741. The van der Waals surface area contributed by atoms with Crippen LogP contribution in [0.3, 0.4) is 0 Å². The molecule has 15 heavy (non-hydrogen) atoms. The molecule has 0 saturated heterocycles. The van der Waals surface area contributed by atoms with Crippen LogP contribution < -0.4 is 0 Å². The summed E-state index contributed by atoms with van der Waals surface area (Å²) >= 11 is 0. The zero-order chi connectivity index (χ0) is 10.8. The summed E-state index contributed by atoms with van der Waals surface area (Å²) < 4.78 is 0. The van der Waals surface area contributed by atoms with Gasteiger partial charge < -0.3 is 4.98 Å². The van der Waals surface area contributed by atoms with Gasteiger partial charge in [0.2, 0.25) is 0 Å². The van der Waals surface area contributed by atoms with Crippen LogP contribution in [0.25, 0.3) is 0 Å². The smallest absolute Gasteiger partial charge is 0.194 e. The monoisotopic (exact) mass is 199 g/mol. The molecule has 0 aliphatic heterocycles. The Kier molecular flexibility index (Phi) is 2.42. The van der Waals surface area contributed by atoms with Crippen LogP contribution in [-0.2, 0) is 0 Å². The van der Waals surface area contributed by atoms with E-state index in [-0.39, 0.29) is 5.78 Å². The summed E-state index contributed by atoms with van der Waals surface area (Å²) in [6, 6.07) is 7.64. The first-order chi connectivity index (χ1) is 7.18. The van der Waals surface area contributed by atoms with Gasteiger partial charge in [-0.3, -0.25) is 4.79 Å². The van der Waals surface area contributed by atoms with Crippen molar-refractivity contribution in [2.24, 2.45) is 0 Å². The zero-order valence-corrected chi connectivity index (χ0v) is 8.87. The Bertz CT molecular complexity index is 479. The molecule has 0 amide bonds. The fourth-order valence-electron chi connectivity index (χ4n) is 1.55. The minimum Gasteiger partial charge on any atom is -0.367 e. The largest absolute Gasteiger partial charge is 0.367 e. The number of ketones is 1. The lowest BCUT2D eigenvalue weighted by Gasteiger charge is -2.00. The molecule has 2 aromatic rings.